The molecule has 138 valence electrons. The molecule has 0 aromatic carbocycles. The Hall–Kier alpha value is -1.31. The van der Waals surface area contributed by atoms with Gasteiger partial charge >= 0.3 is 12.2 Å². The van der Waals surface area contributed by atoms with Crippen molar-refractivity contribution in [3.8, 4) is 0 Å². The smallest absolute Gasteiger partial charge is 0.323 e. The van der Waals surface area contributed by atoms with Gasteiger partial charge in [-0.3, -0.25) is 9.69 Å². The van der Waals surface area contributed by atoms with Crippen LogP contribution in [0.1, 0.15) is 46.5 Å². The zero-order valence-electron chi connectivity index (χ0n) is 14.4. The maximum Gasteiger partial charge on any atom is 0.401 e. The van der Waals surface area contributed by atoms with E-state index in [0.29, 0.717) is 6.42 Å². The molecule has 0 aromatic rings. The molecule has 5 nitrogen and oxygen atoms in total. The first-order valence-electron chi connectivity index (χ1n) is 8.55. The third-order valence-corrected chi connectivity index (χ3v) is 5.27. The molecule has 1 N–H and O–H groups in total. The van der Waals surface area contributed by atoms with E-state index >= 15 is 0 Å². The highest BCUT2D eigenvalue weighted by Crippen LogP contribution is 2.42. The van der Waals surface area contributed by atoms with E-state index in [4.69, 9.17) is 0 Å². The maximum absolute atomic E-state index is 13.0. The molecule has 8 heteroatoms. The molecule has 24 heavy (non-hydrogen) atoms. The predicted molar refractivity (Wildman–Crippen MR) is 83.1 cm³/mol. The molecule has 3 amide bonds. The van der Waals surface area contributed by atoms with E-state index < -0.39 is 24.3 Å². The van der Waals surface area contributed by atoms with Crippen molar-refractivity contribution in [1.82, 2.24) is 15.1 Å². The molecule has 1 aliphatic heterocycles. The zero-order chi connectivity index (χ0) is 18.1. The SMILES string of the molecule is CCCN(CN1C(=O)NC2(C1=O)[C@H](C)CCC[C@@H]2C)CC(F)(F)F. The Balaban J connectivity index is 2.18. The highest BCUT2D eigenvalue weighted by Gasteiger charge is 2.58. The average Bonchev–Trinajstić information content (AvgIpc) is 2.69. The Morgan fingerprint density at radius 3 is 2.33 bits per heavy atom. The first kappa shape index (κ1) is 19.0. The van der Waals surface area contributed by atoms with E-state index in [9.17, 15) is 22.8 Å². The van der Waals surface area contributed by atoms with Gasteiger partial charge in [0, 0.05) is 0 Å². The number of halogens is 3. The van der Waals surface area contributed by atoms with Gasteiger partial charge < -0.3 is 5.32 Å². The molecule has 0 aromatic heterocycles. The lowest BCUT2D eigenvalue weighted by Gasteiger charge is -2.42. The van der Waals surface area contributed by atoms with Crippen LogP contribution in [0.2, 0.25) is 0 Å². The normalized spacial score (nSPS) is 31.2. The van der Waals surface area contributed by atoms with Crippen molar-refractivity contribution in [1.29, 1.82) is 0 Å². The molecule has 1 spiro atoms. The summed E-state index contributed by atoms with van der Waals surface area (Å²) < 4.78 is 38.2. The highest BCUT2D eigenvalue weighted by atomic mass is 19.4. The number of nitrogens with one attached hydrogen (secondary N) is 1. The molecular formula is C16H26F3N3O2. The summed E-state index contributed by atoms with van der Waals surface area (Å²) in [6, 6.07) is -0.580. The van der Waals surface area contributed by atoms with Crippen LogP contribution in [0.25, 0.3) is 0 Å². The Labute approximate surface area is 140 Å². The van der Waals surface area contributed by atoms with Gasteiger partial charge in [0.2, 0.25) is 0 Å². The number of nitrogens with zero attached hydrogens (tertiary/aromatic N) is 2. The zero-order valence-corrected chi connectivity index (χ0v) is 14.4. The molecule has 2 rings (SSSR count). The highest BCUT2D eigenvalue weighted by molar-refractivity contribution is 6.07. The van der Waals surface area contributed by atoms with E-state index in [-0.39, 0.29) is 31.0 Å². The van der Waals surface area contributed by atoms with E-state index in [0.717, 1.165) is 29.1 Å². The molecule has 1 saturated heterocycles. The second-order valence-electron chi connectivity index (χ2n) is 7.07. The summed E-state index contributed by atoms with van der Waals surface area (Å²) in [6.07, 6.45) is -1.21. The largest absolute Gasteiger partial charge is 0.401 e. The van der Waals surface area contributed by atoms with Crippen LogP contribution < -0.4 is 5.32 Å². The fraction of sp³-hybridized carbons (Fsp3) is 0.875. The van der Waals surface area contributed by atoms with E-state index in [1.807, 2.05) is 13.8 Å². The monoisotopic (exact) mass is 349 g/mol. The molecule has 1 heterocycles. The summed E-state index contributed by atoms with van der Waals surface area (Å²) in [6.45, 7) is 4.35. The number of hydrogen-bond acceptors (Lipinski definition) is 3. The summed E-state index contributed by atoms with van der Waals surface area (Å²) in [5.41, 5.74) is -0.967. The number of hydrogen-bond donors (Lipinski definition) is 1. The Bertz CT molecular complexity index is 485. The number of carbonyl (C=O) groups excluding carboxylic acids is 2. The standard InChI is InChI=1S/C16H26F3N3O2/c1-4-8-21(9-15(17,18)19)10-22-13(23)16(20-14(22)24)11(2)6-5-7-12(16)3/h11-12H,4-10H2,1-3H3,(H,20,24)/t11-,12+,16?. The minimum Gasteiger partial charge on any atom is -0.323 e. The second kappa shape index (κ2) is 6.90. The molecule has 3 atom stereocenters. The number of amides is 3. The van der Waals surface area contributed by atoms with Gasteiger partial charge in [0.05, 0.1) is 13.2 Å². The van der Waals surface area contributed by atoms with Crippen LogP contribution in [0.4, 0.5) is 18.0 Å². The minimum atomic E-state index is -4.36. The fourth-order valence-electron chi connectivity index (χ4n) is 4.05. The molecular weight excluding hydrogens is 323 g/mol. The molecule has 1 saturated carbocycles. The quantitative estimate of drug-likeness (QED) is 0.777. The summed E-state index contributed by atoms with van der Waals surface area (Å²) in [4.78, 5) is 27.4. The van der Waals surface area contributed by atoms with Gasteiger partial charge in [-0.2, -0.15) is 13.2 Å². The van der Waals surface area contributed by atoms with Crippen molar-refractivity contribution < 1.29 is 22.8 Å². The van der Waals surface area contributed by atoms with Crippen molar-refractivity contribution in [3.63, 3.8) is 0 Å². The summed E-state index contributed by atoms with van der Waals surface area (Å²) in [7, 11) is 0. The van der Waals surface area contributed by atoms with Crippen molar-refractivity contribution in [2.75, 3.05) is 19.8 Å². The number of carbonyl (C=O) groups is 2. The molecule has 0 bridgehead atoms. The third-order valence-electron chi connectivity index (χ3n) is 5.27. The summed E-state index contributed by atoms with van der Waals surface area (Å²) in [5.74, 6) is -0.426. The van der Waals surface area contributed by atoms with Gasteiger partial charge in [-0.05, 0) is 37.6 Å². The molecule has 1 unspecified atom stereocenters. The van der Waals surface area contributed by atoms with Gasteiger partial charge in [-0.25, -0.2) is 9.69 Å². The summed E-state index contributed by atoms with van der Waals surface area (Å²) >= 11 is 0. The maximum atomic E-state index is 13.0. The third kappa shape index (κ3) is 3.53. The fourth-order valence-corrected chi connectivity index (χ4v) is 4.05. The van der Waals surface area contributed by atoms with Crippen molar-refractivity contribution in [2.45, 2.75) is 58.2 Å². The second-order valence-corrected chi connectivity index (χ2v) is 7.07. The van der Waals surface area contributed by atoms with Crippen LogP contribution >= 0.6 is 0 Å². The minimum absolute atomic E-state index is 0.0232. The van der Waals surface area contributed by atoms with Crippen molar-refractivity contribution >= 4 is 11.9 Å². The molecule has 1 aliphatic carbocycles. The van der Waals surface area contributed by atoms with Gasteiger partial charge in [-0.1, -0.05) is 27.2 Å². The molecule has 0 radical (unpaired) electrons. The van der Waals surface area contributed by atoms with Gasteiger partial charge in [0.1, 0.15) is 5.54 Å². The first-order valence-corrected chi connectivity index (χ1v) is 8.55. The van der Waals surface area contributed by atoms with Gasteiger partial charge in [0.25, 0.3) is 5.91 Å². The van der Waals surface area contributed by atoms with E-state index in [1.54, 1.807) is 6.92 Å². The van der Waals surface area contributed by atoms with E-state index in [1.165, 1.54) is 0 Å². The lowest BCUT2D eigenvalue weighted by molar-refractivity contribution is -0.154. The van der Waals surface area contributed by atoms with Crippen LogP contribution in [0.15, 0.2) is 0 Å². The van der Waals surface area contributed by atoms with Crippen LogP contribution in [-0.4, -0.2) is 53.2 Å². The summed E-state index contributed by atoms with van der Waals surface area (Å²) in [5, 5.41) is 2.81. The lowest BCUT2D eigenvalue weighted by atomic mass is 9.67. The Morgan fingerprint density at radius 2 is 1.83 bits per heavy atom. The van der Waals surface area contributed by atoms with Crippen LogP contribution in [0.5, 0.6) is 0 Å². The van der Waals surface area contributed by atoms with Crippen LogP contribution in [-0.2, 0) is 4.79 Å². The van der Waals surface area contributed by atoms with Crippen LogP contribution in [0.3, 0.4) is 0 Å². The number of rotatable bonds is 5. The van der Waals surface area contributed by atoms with Crippen molar-refractivity contribution in [3.05, 3.63) is 0 Å². The number of imide groups is 1. The lowest BCUT2D eigenvalue weighted by Crippen LogP contribution is -2.59. The van der Waals surface area contributed by atoms with Gasteiger partial charge in [0.15, 0.2) is 0 Å². The predicted octanol–water partition coefficient (Wildman–Crippen LogP) is 2.96. The number of urea groups is 1. The van der Waals surface area contributed by atoms with Gasteiger partial charge in [-0.15, -0.1) is 0 Å². The Kier molecular flexibility index (Phi) is 5.47. The first-order chi connectivity index (χ1) is 11.1. The van der Waals surface area contributed by atoms with E-state index in [2.05, 4.69) is 5.32 Å². The number of alkyl halides is 3. The Morgan fingerprint density at radius 1 is 1.25 bits per heavy atom. The molecule has 2 aliphatic rings. The van der Waals surface area contributed by atoms with Crippen molar-refractivity contribution in [2.24, 2.45) is 11.8 Å². The molecule has 2 fully saturated rings. The average molecular weight is 349 g/mol. The van der Waals surface area contributed by atoms with Crippen LogP contribution in [0, 0.1) is 11.8 Å². The topological polar surface area (TPSA) is 52.6 Å².